The van der Waals surface area contributed by atoms with Crippen LogP contribution in [0.1, 0.15) is 20.8 Å². The minimum Gasteiger partial charge on any atom is -0.408 e. The number of hydrogen-bond acceptors (Lipinski definition) is 5. The van der Waals surface area contributed by atoms with Gasteiger partial charge in [-0.1, -0.05) is 26.8 Å². The molecule has 2 rings (SSSR count). The van der Waals surface area contributed by atoms with Crippen molar-refractivity contribution in [2.24, 2.45) is 4.99 Å². The molecular formula is C17H30N2O3Si. The Hall–Kier alpha value is -0.953. The highest BCUT2D eigenvalue weighted by atomic mass is 28.4. The molecule has 6 heteroatoms. The summed E-state index contributed by atoms with van der Waals surface area (Å²) in [4.78, 5) is 6.32. The number of rotatable bonds is 5. The molecule has 2 heterocycles. The Morgan fingerprint density at radius 1 is 1.35 bits per heavy atom. The molecular weight excluding hydrogens is 308 g/mol. The summed E-state index contributed by atoms with van der Waals surface area (Å²) in [6.45, 7) is 15.7. The quantitative estimate of drug-likeness (QED) is 0.570. The van der Waals surface area contributed by atoms with E-state index in [1.54, 1.807) is 13.3 Å². The van der Waals surface area contributed by atoms with Gasteiger partial charge in [-0.3, -0.25) is 4.99 Å². The summed E-state index contributed by atoms with van der Waals surface area (Å²) in [5, 5.41) is 0.129. The van der Waals surface area contributed by atoms with E-state index in [1.807, 2.05) is 23.3 Å². The highest BCUT2D eigenvalue weighted by Gasteiger charge is 2.50. The molecule has 0 unspecified atom stereocenters. The van der Waals surface area contributed by atoms with Crippen molar-refractivity contribution in [3.63, 3.8) is 0 Å². The van der Waals surface area contributed by atoms with Gasteiger partial charge in [0.1, 0.15) is 25.0 Å². The molecule has 0 radical (unpaired) electrons. The first-order valence-electron chi connectivity index (χ1n) is 8.12. The minimum absolute atomic E-state index is 0.129. The van der Waals surface area contributed by atoms with E-state index < -0.39 is 8.32 Å². The van der Waals surface area contributed by atoms with Crippen LogP contribution in [0.25, 0.3) is 0 Å². The molecule has 0 aromatic heterocycles. The average Bonchev–Trinajstić information content (AvgIpc) is 2.84. The van der Waals surface area contributed by atoms with Crippen LogP contribution in [0.3, 0.4) is 0 Å². The second kappa shape index (κ2) is 6.89. The summed E-state index contributed by atoms with van der Waals surface area (Å²) in [5.74, 6) is 0. The minimum atomic E-state index is -1.94. The molecule has 5 nitrogen and oxygen atoms in total. The van der Waals surface area contributed by atoms with Crippen molar-refractivity contribution in [1.82, 2.24) is 4.90 Å². The van der Waals surface area contributed by atoms with Crippen LogP contribution in [0, 0.1) is 0 Å². The van der Waals surface area contributed by atoms with Crippen molar-refractivity contribution in [1.29, 1.82) is 0 Å². The first-order valence-corrected chi connectivity index (χ1v) is 11.0. The van der Waals surface area contributed by atoms with Gasteiger partial charge in [-0.05, 0) is 24.2 Å². The maximum absolute atomic E-state index is 6.62. The molecule has 0 bridgehead atoms. The fraction of sp³-hybridized carbons (Fsp3) is 0.706. The van der Waals surface area contributed by atoms with Crippen molar-refractivity contribution >= 4 is 14.5 Å². The molecule has 4 atom stereocenters. The Morgan fingerprint density at radius 2 is 2.04 bits per heavy atom. The zero-order valence-electron chi connectivity index (χ0n) is 15.2. The normalized spacial score (nSPS) is 31.7. The molecule has 2 aliphatic heterocycles. The second-order valence-electron chi connectivity index (χ2n) is 7.60. The number of nitrogens with zero attached hydrogens (tertiary/aromatic N) is 2. The van der Waals surface area contributed by atoms with Crippen molar-refractivity contribution in [2.75, 3.05) is 13.8 Å². The summed E-state index contributed by atoms with van der Waals surface area (Å²) in [6, 6.07) is 0. The van der Waals surface area contributed by atoms with E-state index in [9.17, 15) is 0 Å². The molecule has 1 fully saturated rings. The predicted molar refractivity (Wildman–Crippen MR) is 96.1 cm³/mol. The fourth-order valence-corrected chi connectivity index (χ4v) is 3.89. The third kappa shape index (κ3) is 3.76. The van der Waals surface area contributed by atoms with E-state index in [1.165, 1.54) is 0 Å². The second-order valence-corrected chi connectivity index (χ2v) is 12.4. The van der Waals surface area contributed by atoms with E-state index >= 15 is 0 Å². The SMILES string of the molecule is C=C[C@H]1O[C@@H](N2C=CC=NC2)[C@H](OC)[C@@H]1O[Si](C)(C)C(C)(C)C. The Morgan fingerprint density at radius 3 is 2.52 bits per heavy atom. The number of hydrogen-bond donors (Lipinski definition) is 0. The maximum atomic E-state index is 6.62. The zero-order valence-corrected chi connectivity index (χ0v) is 16.2. The molecule has 0 aliphatic carbocycles. The van der Waals surface area contributed by atoms with Gasteiger partial charge in [0.2, 0.25) is 0 Å². The molecule has 0 amide bonds. The lowest BCUT2D eigenvalue weighted by atomic mass is 10.1. The highest BCUT2D eigenvalue weighted by molar-refractivity contribution is 6.74. The fourth-order valence-electron chi connectivity index (χ4n) is 2.59. The largest absolute Gasteiger partial charge is 0.408 e. The lowest BCUT2D eigenvalue weighted by Gasteiger charge is -2.40. The predicted octanol–water partition coefficient (Wildman–Crippen LogP) is 3.16. The topological polar surface area (TPSA) is 43.3 Å². The molecule has 130 valence electrons. The van der Waals surface area contributed by atoms with Gasteiger partial charge in [-0.2, -0.15) is 0 Å². The Kier molecular flexibility index (Phi) is 5.50. The Labute approximate surface area is 141 Å². The first-order chi connectivity index (χ1) is 10.7. The molecule has 0 spiro atoms. The monoisotopic (exact) mass is 338 g/mol. The molecule has 2 aliphatic rings. The van der Waals surface area contributed by atoms with E-state index in [4.69, 9.17) is 13.9 Å². The van der Waals surface area contributed by atoms with Crippen LogP contribution in [0.2, 0.25) is 18.1 Å². The van der Waals surface area contributed by atoms with Gasteiger partial charge in [-0.25, -0.2) is 0 Å². The molecule has 23 heavy (non-hydrogen) atoms. The lowest BCUT2D eigenvalue weighted by Crippen LogP contribution is -2.51. The molecule has 0 saturated carbocycles. The van der Waals surface area contributed by atoms with Crippen molar-refractivity contribution < 1.29 is 13.9 Å². The Balaban J connectivity index is 2.21. The molecule has 0 N–H and O–H groups in total. The van der Waals surface area contributed by atoms with Gasteiger partial charge in [0, 0.05) is 19.5 Å². The maximum Gasteiger partial charge on any atom is 0.192 e. The number of methoxy groups -OCH3 is 1. The lowest BCUT2D eigenvalue weighted by molar-refractivity contribution is -0.0742. The van der Waals surface area contributed by atoms with Gasteiger partial charge in [-0.15, -0.1) is 6.58 Å². The van der Waals surface area contributed by atoms with Gasteiger partial charge in [0.25, 0.3) is 0 Å². The third-order valence-corrected chi connectivity index (χ3v) is 9.48. The molecule has 0 aromatic rings. The standard InChI is InChI=1S/C17H30N2O3Si/c1-8-13-14(22-23(6,7)17(2,3)4)15(20-5)16(21-13)19-11-9-10-18-12-19/h8-11,13-16H,1,12H2,2-7H3/t13-,14-,15-,16-/m1/s1. The summed E-state index contributed by atoms with van der Waals surface area (Å²) >= 11 is 0. The van der Waals surface area contributed by atoms with Crippen LogP contribution in [0.4, 0.5) is 0 Å². The van der Waals surface area contributed by atoms with Crippen LogP contribution in [0.5, 0.6) is 0 Å². The van der Waals surface area contributed by atoms with Crippen LogP contribution >= 0.6 is 0 Å². The van der Waals surface area contributed by atoms with Crippen molar-refractivity contribution in [2.45, 2.75) is 63.4 Å². The van der Waals surface area contributed by atoms with Crippen LogP contribution in [-0.4, -0.2) is 57.8 Å². The van der Waals surface area contributed by atoms with Gasteiger partial charge < -0.3 is 18.8 Å². The number of ether oxygens (including phenoxy) is 2. The smallest absolute Gasteiger partial charge is 0.192 e. The summed E-state index contributed by atoms with van der Waals surface area (Å²) in [6.07, 6.45) is 6.78. The van der Waals surface area contributed by atoms with Gasteiger partial charge in [0.15, 0.2) is 14.5 Å². The summed E-state index contributed by atoms with van der Waals surface area (Å²) in [7, 11) is -0.225. The highest BCUT2D eigenvalue weighted by Crippen LogP contribution is 2.40. The zero-order chi connectivity index (χ0) is 17.3. The first kappa shape index (κ1) is 18.4. The summed E-state index contributed by atoms with van der Waals surface area (Å²) < 4.78 is 18.6. The molecule has 1 saturated heterocycles. The van der Waals surface area contributed by atoms with Gasteiger partial charge >= 0.3 is 0 Å². The van der Waals surface area contributed by atoms with Gasteiger partial charge in [0.05, 0.1) is 0 Å². The van der Waals surface area contributed by atoms with E-state index in [0.29, 0.717) is 6.67 Å². The van der Waals surface area contributed by atoms with E-state index in [2.05, 4.69) is 45.4 Å². The molecule has 0 aromatic carbocycles. The van der Waals surface area contributed by atoms with Crippen molar-refractivity contribution in [3.8, 4) is 0 Å². The Bertz CT molecular complexity index is 485. The number of aliphatic imine (C=N–C) groups is 1. The van der Waals surface area contributed by atoms with Crippen LogP contribution in [0.15, 0.2) is 29.9 Å². The van der Waals surface area contributed by atoms with E-state index in [0.717, 1.165) is 0 Å². The van der Waals surface area contributed by atoms with Crippen molar-refractivity contribution in [3.05, 3.63) is 24.9 Å². The number of allylic oxidation sites excluding steroid dienone is 1. The van der Waals surface area contributed by atoms with Crippen LogP contribution < -0.4 is 0 Å². The summed E-state index contributed by atoms with van der Waals surface area (Å²) in [5.41, 5.74) is 0. The van der Waals surface area contributed by atoms with Crippen LogP contribution in [-0.2, 0) is 13.9 Å². The average molecular weight is 339 g/mol. The third-order valence-electron chi connectivity index (χ3n) is 5.01. The van der Waals surface area contributed by atoms with E-state index in [-0.39, 0.29) is 29.6 Å².